The molecule has 0 saturated carbocycles. The summed E-state index contributed by atoms with van der Waals surface area (Å²) in [6.07, 6.45) is 2.05. The molecule has 0 spiro atoms. The van der Waals surface area contributed by atoms with E-state index in [0.29, 0.717) is 12.2 Å². The fraction of sp³-hybridized carbons (Fsp3) is 0.429. The molecular weight excluding hydrogens is 276 g/mol. The van der Waals surface area contributed by atoms with Gasteiger partial charge in [-0.1, -0.05) is 24.6 Å². The maximum atomic E-state index is 11.4. The first-order valence-electron chi connectivity index (χ1n) is 6.63. The van der Waals surface area contributed by atoms with E-state index < -0.39 is 0 Å². The molecule has 20 heavy (non-hydrogen) atoms. The van der Waals surface area contributed by atoms with Gasteiger partial charge in [0, 0.05) is 12.6 Å². The molecule has 5 nitrogen and oxygen atoms in total. The smallest absolute Gasteiger partial charge is 0.246 e. The summed E-state index contributed by atoms with van der Waals surface area (Å²) in [6.45, 7) is 3.10. The zero-order valence-corrected chi connectivity index (χ0v) is 12.2. The number of carbonyl (C=O) groups is 1. The maximum absolute atomic E-state index is 11.4. The fourth-order valence-corrected chi connectivity index (χ4v) is 2.29. The monoisotopic (exact) mass is 294 g/mol. The van der Waals surface area contributed by atoms with E-state index in [1.54, 1.807) is 11.3 Å². The van der Waals surface area contributed by atoms with Crippen molar-refractivity contribution in [3.8, 4) is 10.6 Å². The third-order valence-electron chi connectivity index (χ3n) is 2.66. The second-order valence-corrected chi connectivity index (χ2v) is 5.30. The molecule has 0 saturated heterocycles. The average Bonchev–Trinajstić information content (AvgIpc) is 3.09. The summed E-state index contributed by atoms with van der Waals surface area (Å²) in [5.74, 6) is 0.631. The average molecular weight is 294 g/mol. The lowest BCUT2D eigenvalue weighted by Gasteiger charge is -2.03. The van der Waals surface area contributed by atoms with Gasteiger partial charge in [0.1, 0.15) is 12.3 Å². The molecule has 1 amide bonds. The summed E-state index contributed by atoms with van der Waals surface area (Å²) < 4.78 is 10.5. The van der Waals surface area contributed by atoms with E-state index in [-0.39, 0.29) is 19.1 Å². The highest BCUT2D eigenvalue weighted by molar-refractivity contribution is 7.13. The van der Waals surface area contributed by atoms with Crippen LogP contribution in [0.25, 0.3) is 10.6 Å². The van der Waals surface area contributed by atoms with Crippen molar-refractivity contribution >= 4 is 17.2 Å². The first kappa shape index (κ1) is 14.7. The van der Waals surface area contributed by atoms with Gasteiger partial charge in [0.25, 0.3) is 0 Å². The van der Waals surface area contributed by atoms with E-state index >= 15 is 0 Å². The standard InChI is InChI=1S/C14H18N2O3S/c1-2-3-6-15-14(17)10-18-9-11-8-12(19-16-11)13-5-4-7-20-13/h4-5,7-8H,2-3,6,9-10H2,1H3,(H,15,17). The Labute approximate surface area is 121 Å². The fourth-order valence-electron chi connectivity index (χ4n) is 1.62. The number of nitrogens with one attached hydrogen (secondary N) is 1. The first-order chi connectivity index (χ1) is 9.79. The van der Waals surface area contributed by atoms with Crippen LogP contribution in [0, 0.1) is 0 Å². The molecule has 1 N–H and O–H groups in total. The van der Waals surface area contributed by atoms with Gasteiger partial charge in [0.15, 0.2) is 5.76 Å². The molecule has 2 aromatic heterocycles. The van der Waals surface area contributed by atoms with Crippen LogP contribution in [0.2, 0.25) is 0 Å². The molecule has 2 aromatic rings. The molecule has 0 aliphatic rings. The number of rotatable bonds is 8. The molecular formula is C14H18N2O3S. The Balaban J connectivity index is 1.71. The molecule has 0 radical (unpaired) electrons. The Morgan fingerprint density at radius 3 is 3.20 bits per heavy atom. The van der Waals surface area contributed by atoms with Gasteiger partial charge in [-0.05, 0) is 17.9 Å². The largest absolute Gasteiger partial charge is 0.365 e. The van der Waals surface area contributed by atoms with Gasteiger partial charge in [-0.25, -0.2) is 0 Å². The zero-order valence-electron chi connectivity index (χ0n) is 11.4. The zero-order chi connectivity index (χ0) is 14.2. The number of nitrogens with zero attached hydrogens (tertiary/aromatic N) is 1. The van der Waals surface area contributed by atoms with Crippen molar-refractivity contribution in [2.24, 2.45) is 0 Å². The molecule has 2 rings (SSSR count). The Bertz CT molecular complexity index is 522. The highest BCUT2D eigenvalue weighted by atomic mass is 32.1. The van der Waals surface area contributed by atoms with E-state index in [9.17, 15) is 4.79 Å². The second-order valence-electron chi connectivity index (χ2n) is 4.36. The van der Waals surface area contributed by atoms with Gasteiger partial charge in [-0.15, -0.1) is 11.3 Å². The topological polar surface area (TPSA) is 64.4 Å². The maximum Gasteiger partial charge on any atom is 0.246 e. The van der Waals surface area contributed by atoms with Crippen LogP contribution in [0.1, 0.15) is 25.5 Å². The molecule has 0 fully saturated rings. The normalized spacial score (nSPS) is 10.7. The van der Waals surface area contributed by atoms with E-state index in [0.717, 1.165) is 23.5 Å². The molecule has 108 valence electrons. The number of unbranched alkanes of at least 4 members (excludes halogenated alkanes) is 1. The number of hydrogen-bond acceptors (Lipinski definition) is 5. The SMILES string of the molecule is CCCCNC(=O)COCc1cc(-c2cccs2)on1. The molecule has 0 unspecified atom stereocenters. The lowest BCUT2D eigenvalue weighted by atomic mass is 10.3. The van der Waals surface area contributed by atoms with Crippen LogP contribution in [-0.4, -0.2) is 24.2 Å². The van der Waals surface area contributed by atoms with E-state index in [2.05, 4.69) is 17.4 Å². The van der Waals surface area contributed by atoms with Crippen LogP contribution < -0.4 is 5.32 Å². The minimum absolute atomic E-state index is 0.0465. The van der Waals surface area contributed by atoms with Gasteiger partial charge in [-0.3, -0.25) is 4.79 Å². The van der Waals surface area contributed by atoms with Gasteiger partial charge < -0.3 is 14.6 Å². The molecule has 0 aliphatic heterocycles. The molecule has 0 aromatic carbocycles. The number of thiophene rings is 1. The van der Waals surface area contributed by atoms with E-state index in [4.69, 9.17) is 9.26 Å². The van der Waals surface area contributed by atoms with Crippen LogP contribution in [0.5, 0.6) is 0 Å². The molecule has 0 bridgehead atoms. The molecule has 6 heteroatoms. The number of carbonyl (C=O) groups excluding carboxylic acids is 1. The van der Waals surface area contributed by atoms with Crippen LogP contribution in [-0.2, 0) is 16.1 Å². The third kappa shape index (κ3) is 4.47. The molecule has 0 atom stereocenters. The number of hydrogen-bond donors (Lipinski definition) is 1. The van der Waals surface area contributed by atoms with Crippen LogP contribution >= 0.6 is 11.3 Å². The highest BCUT2D eigenvalue weighted by Gasteiger charge is 2.08. The Morgan fingerprint density at radius 1 is 1.55 bits per heavy atom. The minimum atomic E-state index is -0.0968. The van der Waals surface area contributed by atoms with Crippen molar-refractivity contribution in [1.29, 1.82) is 0 Å². The first-order valence-corrected chi connectivity index (χ1v) is 7.51. The minimum Gasteiger partial charge on any atom is -0.365 e. The van der Waals surface area contributed by atoms with E-state index in [1.165, 1.54) is 0 Å². The number of amides is 1. The van der Waals surface area contributed by atoms with Gasteiger partial charge in [0.2, 0.25) is 5.91 Å². The van der Waals surface area contributed by atoms with Crippen molar-refractivity contribution in [1.82, 2.24) is 10.5 Å². The van der Waals surface area contributed by atoms with Crippen LogP contribution in [0.4, 0.5) is 0 Å². The lowest BCUT2D eigenvalue weighted by molar-refractivity contribution is -0.126. The predicted octanol–water partition coefficient (Wildman–Crippen LogP) is 2.84. The summed E-state index contributed by atoms with van der Waals surface area (Å²) in [5.41, 5.74) is 0.690. The van der Waals surface area contributed by atoms with Crippen LogP contribution in [0.15, 0.2) is 28.1 Å². The summed E-state index contributed by atoms with van der Waals surface area (Å²) in [6, 6.07) is 5.76. The molecule has 2 heterocycles. The van der Waals surface area contributed by atoms with Crippen molar-refractivity contribution in [3.63, 3.8) is 0 Å². The Hall–Kier alpha value is -1.66. The van der Waals surface area contributed by atoms with Crippen molar-refractivity contribution in [2.75, 3.05) is 13.2 Å². The summed E-state index contributed by atoms with van der Waals surface area (Å²) in [5, 5.41) is 8.69. The molecule has 0 aliphatic carbocycles. The highest BCUT2D eigenvalue weighted by Crippen LogP contribution is 2.25. The number of aromatic nitrogens is 1. The number of ether oxygens (including phenoxy) is 1. The quantitative estimate of drug-likeness (QED) is 0.760. The lowest BCUT2D eigenvalue weighted by Crippen LogP contribution is -2.28. The van der Waals surface area contributed by atoms with Crippen molar-refractivity contribution in [2.45, 2.75) is 26.4 Å². The van der Waals surface area contributed by atoms with E-state index in [1.807, 2.05) is 23.6 Å². The van der Waals surface area contributed by atoms with Gasteiger partial charge >= 0.3 is 0 Å². The van der Waals surface area contributed by atoms with Crippen LogP contribution in [0.3, 0.4) is 0 Å². The third-order valence-corrected chi connectivity index (χ3v) is 3.54. The Morgan fingerprint density at radius 2 is 2.45 bits per heavy atom. The second kappa shape index (κ2) is 7.81. The summed E-state index contributed by atoms with van der Waals surface area (Å²) in [4.78, 5) is 12.5. The van der Waals surface area contributed by atoms with Gasteiger partial charge in [0.05, 0.1) is 11.5 Å². The van der Waals surface area contributed by atoms with Gasteiger partial charge in [-0.2, -0.15) is 0 Å². The summed E-state index contributed by atoms with van der Waals surface area (Å²) >= 11 is 1.59. The summed E-state index contributed by atoms with van der Waals surface area (Å²) in [7, 11) is 0. The Kier molecular flexibility index (Phi) is 5.76. The van der Waals surface area contributed by atoms with Crippen molar-refractivity contribution < 1.29 is 14.1 Å². The predicted molar refractivity (Wildman–Crippen MR) is 77.4 cm³/mol. The van der Waals surface area contributed by atoms with Crippen molar-refractivity contribution in [3.05, 3.63) is 29.3 Å².